The second kappa shape index (κ2) is 4.94. The van der Waals surface area contributed by atoms with Gasteiger partial charge in [0, 0.05) is 16.1 Å². The van der Waals surface area contributed by atoms with Gasteiger partial charge in [-0.2, -0.15) is 10.4 Å². The molecule has 0 radical (unpaired) electrons. The number of halogens is 1. The van der Waals surface area contributed by atoms with Gasteiger partial charge >= 0.3 is 0 Å². The van der Waals surface area contributed by atoms with Crippen molar-refractivity contribution in [1.82, 2.24) is 15.2 Å². The number of nitrogens with one attached hydrogen (secondary N) is 1. The van der Waals surface area contributed by atoms with Crippen molar-refractivity contribution in [2.45, 2.75) is 0 Å². The molecule has 0 spiro atoms. The van der Waals surface area contributed by atoms with Crippen LogP contribution in [0.1, 0.15) is 5.69 Å². The zero-order valence-electron chi connectivity index (χ0n) is 10.5. The van der Waals surface area contributed by atoms with Crippen LogP contribution in [0.4, 0.5) is 0 Å². The minimum Gasteiger partial charge on any atom is -0.481 e. The fourth-order valence-corrected chi connectivity index (χ4v) is 2.44. The van der Waals surface area contributed by atoms with E-state index in [1.165, 1.54) is 0 Å². The van der Waals surface area contributed by atoms with Gasteiger partial charge in [-0.05, 0) is 17.7 Å². The average Bonchev–Trinajstić information content (AvgIpc) is 2.89. The van der Waals surface area contributed by atoms with E-state index in [0.29, 0.717) is 11.4 Å². The molecule has 5 nitrogen and oxygen atoms in total. The maximum absolute atomic E-state index is 9.07. The summed E-state index contributed by atoms with van der Waals surface area (Å²) < 4.78 is 6.18. The Labute approximate surface area is 123 Å². The number of aromatic nitrogens is 3. The van der Waals surface area contributed by atoms with Gasteiger partial charge in [-0.25, -0.2) is 4.98 Å². The van der Waals surface area contributed by atoms with Crippen LogP contribution in [-0.4, -0.2) is 22.3 Å². The highest BCUT2D eigenvalue weighted by Gasteiger charge is 2.14. The number of hydrogen-bond donors (Lipinski definition) is 1. The van der Waals surface area contributed by atoms with Crippen LogP contribution in [0.15, 0.2) is 34.8 Å². The Kier molecular flexibility index (Phi) is 3.12. The van der Waals surface area contributed by atoms with Crippen LogP contribution in [0, 0.1) is 11.3 Å². The molecule has 0 bridgehead atoms. The average molecular weight is 329 g/mol. The van der Waals surface area contributed by atoms with E-state index in [1.54, 1.807) is 7.11 Å². The molecule has 1 N–H and O–H groups in total. The summed E-state index contributed by atoms with van der Waals surface area (Å²) in [6.07, 6.45) is 0. The van der Waals surface area contributed by atoms with Gasteiger partial charge in [0.2, 0.25) is 5.88 Å². The third kappa shape index (κ3) is 2.02. The topological polar surface area (TPSA) is 74.6 Å². The summed E-state index contributed by atoms with van der Waals surface area (Å²) in [6, 6.07) is 11.7. The Hall–Kier alpha value is -2.39. The van der Waals surface area contributed by atoms with Crippen LogP contribution in [0.5, 0.6) is 5.88 Å². The second-order valence-electron chi connectivity index (χ2n) is 4.13. The number of aromatic amines is 1. The molecule has 2 aromatic heterocycles. The number of H-pyrrole nitrogens is 1. The van der Waals surface area contributed by atoms with Gasteiger partial charge in [0.15, 0.2) is 5.69 Å². The van der Waals surface area contributed by atoms with Crippen LogP contribution >= 0.6 is 15.9 Å². The molecule has 0 saturated heterocycles. The van der Waals surface area contributed by atoms with Crippen molar-refractivity contribution in [2.24, 2.45) is 0 Å². The molecular weight excluding hydrogens is 320 g/mol. The van der Waals surface area contributed by atoms with Crippen LogP contribution in [-0.2, 0) is 0 Å². The molecule has 3 aromatic rings. The third-order valence-corrected chi connectivity index (χ3v) is 3.44. The van der Waals surface area contributed by atoms with E-state index in [-0.39, 0.29) is 5.69 Å². The summed E-state index contributed by atoms with van der Waals surface area (Å²) in [4.78, 5) is 4.28. The number of ether oxygens (including phenoxy) is 1. The lowest BCUT2D eigenvalue weighted by atomic mass is 10.1. The smallest absolute Gasteiger partial charge is 0.214 e. The second-order valence-corrected chi connectivity index (χ2v) is 5.05. The standard InChI is InChI=1S/C14H9BrN4O/c1-20-12-6-10(8-3-2-4-9(15)5-8)13-14(17-12)11(7-16)18-19-13/h2-6H,1H3,(H,18,19). The molecule has 0 unspecified atom stereocenters. The number of benzene rings is 1. The molecule has 0 aliphatic rings. The van der Waals surface area contributed by atoms with Crippen LogP contribution in [0.2, 0.25) is 0 Å². The minimum absolute atomic E-state index is 0.259. The molecular formula is C14H9BrN4O. The normalized spacial score (nSPS) is 10.4. The molecule has 0 fully saturated rings. The first-order valence-corrected chi connectivity index (χ1v) is 6.61. The number of nitriles is 1. The predicted octanol–water partition coefficient (Wildman–Crippen LogP) is 3.27. The van der Waals surface area contributed by atoms with E-state index < -0.39 is 0 Å². The zero-order chi connectivity index (χ0) is 14.1. The van der Waals surface area contributed by atoms with E-state index in [2.05, 4.69) is 31.1 Å². The lowest BCUT2D eigenvalue weighted by molar-refractivity contribution is 0.400. The van der Waals surface area contributed by atoms with Crippen molar-refractivity contribution >= 4 is 27.0 Å². The molecule has 6 heteroatoms. The maximum Gasteiger partial charge on any atom is 0.214 e. The Morgan fingerprint density at radius 3 is 2.90 bits per heavy atom. The molecule has 98 valence electrons. The SMILES string of the molecule is COc1cc(-c2cccc(Br)c2)c2[nH]nc(C#N)c2n1. The highest BCUT2D eigenvalue weighted by Crippen LogP contribution is 2.32. The lowest BCUT2D eigenvalue weighted by Gasteiger charge is -2.06. The van der Waals surface area contributed by atoms with Crippen molar-refractivity contribution in [3.8, 4) is 23.1 Å². The monoisotopic (exact) mass is 328 g/mol. The van der Waals surface area contributed by atoms with E-state index >= 15 is 0 Å². The summed E-state index contributed by atoms with van der Waals surface area (Å²) >= 11 is 3.45. The van der Waals surface area contributed by atoms with Crippen molar-refractivity contribution in [3.05, 3.63) is 40.5 Å². The zero-order valence-corrected chi connectivity index (χ0v) is 12.1. The number of pyridine rings is 1. The van der Waals surface area contributed by atoms with Gasteiger partial charge < -0.3 is 4.74 Å². The summed E-state index contributed by atoms with van der Waals surface area (Å²) in [5.41, 5.74) is 3.37. The van der Waals surface area contributed by atoms with Gasteiger partial charge in [-0.3, -0.25) is 5.10 Å². The van der Waals surface area contributed by atoms with Crippen LogP contribution in [0.3, 0.4) is 0 Å². The van der Waals surface area contributed by atoms with Gasteiger partial charge in [-0.1, -0.05) is 28.1 Å². The quantitative estimate of drug-likeness (QED) is 0.783. The van der Waals surface area contributed by atoms with Crippen LogP contribution < -0.4 is 4.74 Å². The van der Waals surface area contributed by atoms with Gasteiger partial charge in [0.25, 0.3) is 0 Å². The van der Waals surface area contributed by atoms with Crippen molar-refractivity contribution in [2.75, 3.05) is 7.11 Å². The van der Waals surface area contributed by atoms with E-state index in [0.717, 1.165) is 21.1 Å². The Morgan fingerprint density at radius 1 is 1.35 bits per heavy atom. The van der Waals surface area contributed by atoms with E-state index in [1.807, 2.05) is 36.4 Å². The highest BCUT2D eigenvalue weighted by atomic mass is 79.9. The first kappa shape index (κ1) is 12.6. The number of fused-ring (bicyclic) bond motifs is 1. The van der Waals surface area contributed by atoms with Gasteiger partial charge in [0.1, 0.15) is 11.6 Å². The number of methoxy groups -OCH3 is 1. The number of nitrogens with zero attached hydrogens (tertiary/aromatic N) is 3. The third-order valence-electron chi connectivity index (χ3n) is 2.95. The fourth-order valence-electron chi connectivity index (χ4n) is 2.04. The molecule has 0 aliphatic heterocycles. The molecule has 3 rings (SSSR count). The summed E-state index contributed by atoms with van der Waals surface area (Å²) in [6.45, 7) is 0. The largest absolute Gasteiger partial charge is 0.481 e. The highest BCUT2D eigenvalue weighted by molar-refractivity contribution is 9.10. The van der Waals surface area contributed by atoms with E-state index in [9.17, 15) is 0 Å². The molecule has 0 atom stereocenters. The number of rotatable bonds is 2. The van der Waals surface area contributed by atoms with Gasteiger partial charge in [-0.15, -0.1) is 0 Å². The predicted molar refractivity (Wildman–Crippen MR) is 78.3 cm³/mol. The summed E-state index contributed by atoms with van der Waals surface area (Å²) in [5.74, 6) is 0.449. The van der Waals surface area contributed by atoms with Gasteiger partial charge in [0.05, 0.1) is 12.6 Å². The molecule has 0 amide bonds. The summed E-state index contributed by atoms with van der Waals surface area (Å²) in [5, 5.41) is 15.9. The molecule has 20 heavy (non-hydrogen) atoms. The van der Waals surface area contributed by atoms with E-state index in [4.69, 9.17) is 10.00 Å². The molecule has 0 saturated carbocycles. The Balaban J connectivity index is 2.35. The van der Waals surface area contributed by atoms with Crippen molar-refractivity contribution < 1.29 is 4.74 Å². The fraction of sp³-hybridized carbons (Fsp3) is 0.0714. The maximum atomic E-state index is 9.07. The first-order valence-electron chi connectivity index (χ1n) is 5.82. The minimum atomic E-state index is 0.259. The van der Waals surface area contributed by atoms with Crippen molar-refractivity contribution in [3.63, 3.8) is 0 Å². The molecule has 2 heterocycles. The van der Waals surface area contributed by atoms with Crippen molar-refractivity contribution in [1.29, 1.82) is 5.26 Å². The van der Waals surface area contributed by atoms with Crippen LogP contribution in [0.25, 0.3) is 22.2 Å². The Bertz CT molecular complexity index is 835. The molecule has 1 aromatic carbocycles. The summed E-state index contributed by atoms with van der Waals surface area (Å²) in [7, 11) is 1.55. The number of hydrogen-bond acceptors (Lipinski definition) is 4. The Morgan fingerprint density at radius 2 is 2.20 bits per heavy atom. The molecule has 0 aliphatic carbocycles. The first-order chi connectivity index (χ1) is 9.72. The lowest BCUT2D eigenvalue weighted by Crippen LogP contribution is -1.91.